The fourth-order valence-electron chi connectivity index (χ4n) is 4.17. The summed E-state index contributed by atoms with van der Waals surface area (Å²) in [6.45, 7) is 14.8. The van der Waals surface area contributed by atoms with E-state index in [9.17, 15) is 19.8 Å². The van der Waals surface area contributed by atoms with E-state index in [0.29, 0.717) is 6.42 Å². The van der Waals surface area contributed by atoms with Crippen molar-refractivity contribution in [2.75, 3.05) is 0 Å². The van der Waals surface area contributed by atoms with Crippen LogP contribution in [0.4, 0.5) is 0 Å². The fourth-order valence-corrected chi connectivity index (χ4v) is 4.17. The third-order valence-corrected chi connectivity index (χ3v) is 4.31. The van der Waals surface area contributed by atoms with Gasteiger partial charge in [0.05, 0.1) is 10.8 Å². The summed E-state index contributed by atoms with van der Waals surface area (Å²) in [6.07, 6.45) is 0.439. The van der Waals surface area contributed by atoms with Gasteiger partial charge in [-0.2, -0.15) is 0 Å². The lowest BCUT2D eigenvalue weighted by Crippen LogP contribution is -2.46. The second kappa shape index (κ2) is 5.74. The maximum Gasteiger partial charge on any atom is 0.309 e. The van der Waals surface area contributed by atoms with Gasteiger partial charge in [-0.05, 0) is 51.4 Å². The van der Waals surface area contributed by atoms with Gasteiger partial charge in [0.25, 0.3) is 0 Å². The Hall–Kier alpha value is -1.06. The van der Waals surface area contributed by atoms with Gasteiger partial charge in [0.15, 0.2) is 0 Å². The van der Waals surface area contributed by atoms with Gasteiger partial charge in [0.2, 0.25) is 0 Å². The van der Waals surface area contributed by atoms with Gasteiger partial charge in [0, 0.05) is 0 Å². The molecular weight excluding hydrogens is 256 g/mol. The Morgan fingerprint density at radius 2 is 1.30 bits per heavy atom. The minimum absolute atomic E-state index is 0.119. The average molecular weight is 286 g/mol. The molecule has 0 saturated heterocycles. The summed E-state index contributed by atoms with van der Waals surface area (Å²) in [5.41, 5.74) is -2.16. The first-order valence-corrected chi connectivity index (χ1v) is 7.13. The highest BCUT2D eigenvalue weighted by molar-refractivity contribution is 5.75. The number of carbonyl (C=O) groups is 2. The number of hydrogen-bond donors (Lipinski definition) is 2. The van der Waals surface area contributed by atoms with Crippen molar-refractivity contribution in [2.24, 2.45) is 28.1 Å². The van der Waals surface area contributed by atoms with Crippen molar-refractivity contribution in [2.45, 2.75) is 61.8 Å². The molecule has 0 fully saturated rings. The number of aliphatic carboxylic acids is 2. The quantitative estimate of drug-likeness (QED) is 0.744. The second-order valence-electron chi connectivity index (χ2n) is 8.10. The highest BCUT2D eigenvalue weighted by Crippen LogP contribution is 2.50. The van der Waals surface area contributed by atoms with Gasteiger partial charge in [-0.25, -0.2) is 0 Å². The first-order chi connectivity index (χ1) is 8.66. The van der Waals surface area contributed by atoms with Crippen molar-refractivity contribution in [1.29, 1.82) is 0 Å². The smallest absolute Gasteiger partial charge is 0.309 e. The predicted molar refractivity (Wildman–Crippen MR) is 79.6 cm³/mol. The maximum absolute atomic E-state index is 11.6. The van der Waals surface area contributed by atoms with Crippen molar-refractivity contribution < 1.29 is 19.8 Å². The maximum atomic E-state index is 11.6. The lowest BCUT2D eigenvalue weighted by Gasteiger charge is -2.47. The van der Waals surface area contributed by atoms with Crippen LogP contribution in [0.15, 0.2) is 0 Å². The highest BCUT2D eigenvalue weighted by atomic mass is 16.4. The zero-order chi connectivity index (χ0) is 16.5. The minimum atomic E-state index is -0.897. The van der Waals surface area contributed by atoms with Gasteiger partial charge >= 0.3 is 11.9 Å². The molecule has 0 amide bonds. The molecular formula is C16H30O4. The van der Waals surface area contributed by atoms with Gasteiger partial charge < -0.3 is 10.2 Å². The summed E-state index contributed by atoms with van der Waals surface area (Å²) in [4.78, 5) is 23.0. The molecule has 0 aromatic heterocycles. The van der Waals surface area contributed by atoms with Crippen LogP contribution in [0.25, 0.3) is 0 Å². The average Bonchev–Trinajstić information content (AvgIpc) is 2.12. The van der Waals surface area contributed by atoms with Crippen molar-refractivity contribution >= 4 is 11.9 Å². The Kier molecular flexibility index (Phi) is 5.44. The first-order valence-electron chi connectivity index (χ1n) is 7.13. The zero-order valence-corrected chi connectivity index (χ0v) is 14.1. The molecule has 0 heterocycles. The molecule has 4 heteroatoms. The van der Waals surface area contributed by atoms with Gasteiger partial charge in [0.1, 0.15) is 0 Å². The van der Waals surface area contributed by atoms with E-state index in [0.717, 1.165) is 0 Å². The molecule has 1 atom stereocenters. The van der Waals surface area contributed by atoms with E-state index >= 15 is 0 Å². The molecule has 0 aliphatic heterocycles. The molecule has 0 aromatic carbocycles. The number of hydrogen-bond acceptors (Lipinski definition) is 2. The van der Waals surface area contributed by atoms with Crippen LogP contribution in [0, 0.1) is 28.1 Å². The molecule has 2 N–H and O–H groups in total. The van der Waals surface area contributed by atoms with E-state index in [4.69, 9.17) is 0 Å². The molecule has 0 spiro atoms. The van der Waals surface area contributed by atoms with Crippen molar-refractivity contribution in [1.82, 2.24) is 0 Å². The molecule has 20 heavy (non-hydrogen) atoms. The van der Waals surface area contributed by atoms with Crippen LogP contribution >= 0.6 is 0 Å². The molecule has 0 aliphatic carbocycles. The molecule has 0 aromatic rings. The van der Waals surface area contributed by atoms with Crippen LogP contribution in [-0.4, -0.2) is 22.2 Å². The Bertz CT molecular complexity index is 378. The summed E-state index contributed by atoms with van der Waals surface area (Å²) in [5, 5.41) is 18.8. The number of carboxylic acid groups (broad SMARTS) is 2. The largest absolute Gasteiger partial charge is 0.481 e. The number of rotatable bonds is 7. The summed E-state index contributed by atoms with van der Waals surface area (Å²) in [7, 11) is 0. The van der Waals surface area contributed by atoms with Crippen molar-refractivity contribution in [3.63, 3.8) is 0 Å². The van der Waals surface area contributed by atoms with Gasteiger partial charge in [-0.3, -0.25) is 9.59 Å². The predicted octanol–water partition coefficient (Wildman–Crippen LogP) is 3.90. The van der Waals surface area contributed by atoms with E-state index in [1.165, 1.54) is 0 Å². The van der Waals surface area contributed by atoms with Crippen LogP contribution in [0.3, 0.4) is 0 Å². The van der Waals surface area contributed by atoms with Gasteiger partial charge in [-0.1, -0.05) is 27.7 Å². The molecule has 0 saturated carbocycles. The van der Waals surface area contributed by atoms with Crippen LogP contribution < -0.4 is 0 Å². The fraction of sp³-hybridized carbons (Fsp3) is 0.875. The van der Waals surface area contributed by atoms with Crippen LogP contribution in [0.2, 0.25) is 0 Å². The number of carboxylic acids is 2. The Morgan fingerprint density at radius 1 is 0.900 bits per heavy atom. The summed E-state index contributed by atoms with van der Waals surface area (Å²) in [5.74, 6) is -1.65. The second-order valence-corrected chi connectivity index (χ2v) is 8.10. The van der Waals surface area contributed by atoms with E-state index in [2.05, 4.69) is 0 Å². The highest BCUT2D eigenvalue weighted by Gasteiger charge is 2.49. The van der Waals surface area contributed by atoms with E-state index in [1.807, 2.05) is 27.7 Å². The van der Waals surface area contributed by atoms with Crippen LogP contribution in [0.5, 0.6) is 0 Å². The van der Waals surface area contributed by atoms with Crippen molar-refractivity contribution in [3.8, 4) is 0 Å². The Morgan fingerprint density at radius 3 is 1.55 bits per heavy atom. The van der Waals surface area contributed by atoms with Gasteiger partial charge in [-0.15, -0.1) is 0 Å². The zero-order valence-electron chi connectivity index (χ0n) is 14.1. The monoisotopic (exact) mass is 286 g/mol. The minimum Gasteiger partial charge on any atom is -0.481 e. The molecule has 0 rings (SSSR count). The summed E-state index contributed by atoms with van der Waals surface area (Å²) < 4.78 is 0. The Balaban J connectivity index is 5.60. The first kappa shape index (κ1) is 18.9. The Labute approximate surface area is 122 Å². The lowest BCUT2D eigenvalue weighted by molar-refractivity contribution is -0.158. The normalized spacial score (nSPS) is 15.2. The standard InChI is InChI=1S/C16H30O4/c1-10(2)11(16(7,8)13(19)20)14(3,4)9-15(5,6)12(17)18/h10-11H,9H2,1-8H3,(H,17,18)(H,19,20). The van der Waals surface area contributed by atoms with E-state index in [-0.39, 0.29) is 11.8 Å². The summed E-state index contributed by atoms with van der Waals surface area (Å²) in [6, 6.07) is 0. The van der Waals surface area contributed by atoms with E-state index in [1.54, 1.807) is 27.7 Å². The molecule has 118 valence electrons. The third-order valence-electron chi connectivity index (χ3n) is 4.31. The molecule has 4 nitrogen and oxygen atoms in total. The molecule has 1 unspecified atom stereocenters. The van der Waals surface area contributed by atoms with Crippen LogP contribution in [-0.2, 0) is 9.59 Å². The molecule has 0 bridgehead atoms. The topological polar surface area (TPSA) is 74.6 Å². The van der Waals surface area contributed by atoms with Crippen LogP contribution in [0.1, 0.15) is 61.8 Å². The lowest BCUT2D eigenvalue weighted by atomic mass is 9.56. The van der Waals surface area contributed by atoms with Crippen molar-refractivity contribution in [3.05, 3.63) is 0 Å². The SMILES string of the molecule is CC(C)C(C(C)(C)CC(C)(C)C(=O)O)C(C)(C)C(=O)O. The third kappa shape index (κ3) is 3.97. The summed E-state index contributed by atoms with van der Waals surface area (Å²) >= 11 is 0. The molecule has 0 aliphatic rings. The van der Waals surface area contributed by atoms with E-state index < -0.39 is 28.2 Å². The molecule has 0 radical (unpaired) electrons.